The molecule has 2 aliphatic rings. The van der Waals surface area contributed by atoms with Gasteiger partial charge in [-0.1, -0.05) is 13.3 Å². The minimum absolute atomic E-state index is 0.0546. The second-order valence-corrected chi connectivity index (χ2v) is 7.34. The van der Waals surface area contributed by atoms with Crippen LogP contribution in [0.15, 0.2) is 18.3 Å². The highest BCUT2D eigenvalue weighted by Gasteiger charge is 2.21. The van der Waals surface area contributed by atoms with Crippen LogP contribution >= 0.6 is 0 Å². The molecule has 0 aliphatic carbocycles. The number of ether oxygens (including phenoxy) is 2. The summed E-state index contributed by atoms with van der Waals surface area (Å²) in [6, 6.07) is 1.96. The number of anilines is 1. The van der Waals surface area contributed by atoms with E-state index in [9.17, 15) is 9.59 Å². The van der Waals surface area contributed by atoms with Crippen molar-refractivity contribution in [2.45, 2.75) is 26.3 Å². The van der Waals surface area contributed by atoms with Crippen LogP contribution in [0.2, 0.25) is 0 Å². The molecular weight excluding hydrogens is 372 g/mol. The zero-order valence-corrected chi connectivity index (χ0v) is 17.1. The molecule has 3 heterocycles. The van der Waals surface area contributed by atoms with Crippen molar-refractivity contribution in [2.24, 2.45) is 0 Å². The summed E-state index contributed by atoms with van der Waals surface area (Å²) in [5.74, 6) is 0.182. The highest BCUT2D eigenvalue weighted by atomic mass is 16.5. The third kappa shape index (κ3) is 6.92. The topological polar surface area (TPSA) is 84.0 Å². The minimum atomic E-state index is -0.353. The Morgan fingerprint density at radius 3 is 2.86 bits per heavy atom. The van der Waals surface area contributed by atoms with E-state index in [1.165, 1.54) is 6.08 Å². The number of carbonyl (C=O) groups is 2. The van der Waals surface area contributed by atoms with Gasteiger partial charge in [0.05, 0.1) is 26.4 Å². The van der Waals surface area contributed by atoms with Crippen LogP contribution in [0.3, 0.4) is 0 Å². The molecule has 1 aromatic rings. The van der Waals surface area contributed by atoms with Crippen LogP contribution in [0.25, 0.3) is 6.08 Å². The highest BCUT2D eigenvalue weighted by Crippen LogP contribution is 2.20. The number of unbranched alkanes of at least 4 members (excludes halogenated alkanes) is 1. The summed E-state index contributed by atoms with van der Waals surface area (Å²) >= 11 is 0. The Labute approximate surface area is 171 Å². The quantitative estimate of drug-likeness (QED) is 0.401. The molecule has 1 fully saturated rings. The molecular formula is C21H30N4O4. The summed E-state index contributed by atoms with van der Waals surface area (Å²) in [5.41, 5.74) is 1.75. The number of hydrogen-bond donors (Lipinski definition) is 1. The van der Waals surface area contributed by atoms with Crippen LogP contribution in [0.5, 0.6) is 0 Å². The van der Waals surface area contributed by atoms with Crippen molar-refractivity contribution in [3.63, 3.8) is 0 Å². The predicted octanol–water partition coefficient (Wildman–Crippen LogP) is 1.52. The molecule has 0 unspecified atom stereocenters. The van der Waals surface area contributed by atoms with Crippen LogP contribution in [0.1, 0.15) is 30.9 Å². The molecule has 2 aliphatic heterocycles. The third-order valence-electron chi connectivity index (χ3n) is 5.00. The number of nitrogens with zero attached hydrogens (tertiary/aromatic N) is 3. The summed E-state index contributed by atoms with van der Waals surface area (Å²) < 4.78 is 10.5. The molecule has 29 heavy (non-hydrogen) atoms. The van der Waals surface area contributed by atoms with E-state index in [4.69, 9.17) is 9.47 Å². The van der Waals surface area contributed by atoms with Gasteiger partial charge in [-0.3, -0.25) is 14.6 Å². The van der Waals surface area contributed by atoms with E-state index in [-0.39, 0.29) is 11.9 Å². The van der Waals surface area contributed by atoms with Crippen molar-refractivity contribution in [3.05, 3.63) is 29.5 Å². The fourth-order valence-corrected chi connectivity index (χ4v) is 3.32. The lowest BCUT2D eigenvalue weighted by Gasteiger charge is -2.29. The number of amides is 1. The maximum absolute atomic E-state index is 12.2. The van der Waals surface area contributed by atoms with Gasteiger partial charge in [0.1, 0.15) is 5.82 Å². The molecule has 0 radical (unpaired) electrons. The molecule has 0 spiro atoms. The van der Waals surface area contributed by atoms with Gasteiger partial charge in [-0.25, -0.2) is 9.78 Å². The Balaban J connectivity index is 1.60. The second kappa shape index (κ2) is 11.0. The van der Waals surface area contributed by atoms with Crippen molar-refractivity contribution < 1.29 is 19.1 Å². The number of fused-ring (bicyclic) bond motifs is 1. The van der Waals surface area contributed by atoms with Crippen molar-refractivity contribution >= 4 is 23.8 Å². The van der Waals surface area contributed by atoms with E-state index in [0.717, 1.165) is 63.4 Å². The zero-order chi connectivity index (χ0) is 20.5. The lowest BCUT2D eigenvalue weighted by molar-refractivity contribution is -0.137. The maximum atomic E-state index is 12.2. The number of nitrogens with one attached hydrogen (secondary N) is 1. The number of rotatable bonds is 8. The summed E-state index contributed by atoms with van der Waals surface area (Å²) in [6.07, 6.45) is 6.62. The van der Waals surface area contributed by atoms with Gasteiger partial charge in [-0.05, 0) is 24.1 Å². The first-order valence-corrected chi connectivity index (χ1v) is 10.3. The fourth-order valence-electron chi connectivity index (χ4n) is 3.32. The molecule has 0 aromatic carbocycles. The van der Waals surface area contributed by atoms with E-state index in [1.54, 1.807) is 12.3 Å². The Kier molecular flexibility index (Phi) is 8.15. The number of aromatic nitrogens is 1. The molecule has 8 nitrogen and oxygen atoms in total. The van der Waals surface area contributed by atoms with Gasteiger partial charge >= 0.3 is 5.97 Å². The van der Waals surface area contributed by atoms with E-state index >= 15 is 0 Å². The number of pyridine rings is 1. The van der Waals surface area contributed by atoms with Crippen molar-refractivity contribution in [1.29, 1.82) is 0 Å². The normalized spacial score (nSPS) is 18.3. The van der Waals surface area contributed by atoms with Crippen molar-refractivity contribution in [1.82, 2.24) is 14.8 Å². The minimum Gasteiger partial charge on any atom is -0.463 e. The number of esters is 1. The van der Waals surface area contributed by atoms with Gasteiger partial charge in [0.15, 0.2) is 0 Å². The molecule has 0 bridgehead atoms. The average molecular weight is 402 g/mol. The van der Waals surface area contributed by atoms with E-state index in [2.05, 4.69) is 20.1 Å². The van der Waals surface area contributed by atoms with E-state index in [0.29, 0.717) is 25.5 Å². The molecule has 1 amide bonds. The molecule has 1 saturated heterocycles. The van der Waals surface area contributed by atoms with E-state index in [1.807, 2.05) is 13.0 Å². The van der Waals surface area contributed by atoms with Crippen LogP contribution in [0, 0.1) is 0 Å². The average Bonchev–Trinajstić information content (AvgIpc) is 2.89. The van der Waals surface area contributed by atoms with Crippen molar-refractivity contribution in [2.75, 3.05) is 57.9 Å². The fraction of sp³-hybridized carbons (Fsp3) is 0.571. The summed E-state index contributed by atoms with van der Waals surface area (Å²) in [5, 5.41) is 2.88. The molecule has 1 N–H and O–H groups in total. The predicted molar refractivity (Wildman–Crippen MR) is 110 cm³/mol. The summed E-state index contributed by atoms with van der Waals surface area (Å²) in [6.45, 7) is 8.57. The monoisotopic (exact) mass is 402 g/mol. The third-order valence-corrected chi connectivity index (χ3v) is 5.00. The smallest absolute Gasteiger partial charge is 0.330 e. The van der Waals surface area contributed by atoms with Crippen LogP contribution in [0.4, 0.5) is 5.82 Å². The standard InChI is InChI=1S/C21H30N4O4/c1-2-3-10-29-20(27)5-4-17-13-18-15-25(7-6-24-8-11-28-12-9-24)16-19(26)23-21(18)22-14-17/h4-5,13-14H,2-3,6-12,15-16H2,1H3,(H,22,23,26)/b5-4+. The lowest BCUT2D eigenvalue weighted by atomic mass is 10.1. The van der Waals surface area contributed by atoms with Crippen LogP contribution in [-0.4, -0.2) is 79.2 Å². The molecule has 8 heteroatoms. The molecule has 0 saturated carbocycles. The molecule has 3 rings (SSSR count). The summed E-state index contributed by atoms with van der Waals surface area (Å²) in [4.78, 5) is 32.9. The maximum Gasteiger partial charge on any atom is 0.330 e. The summed E-state index contributed by atoms with van der Waals surface area (Å²) in [7, 11) is 0. The highest BCUT2D eigenvalue weighted by molar-refractivity contribution is 5.93. The Morgan fingerprint density at radius 1 is 1.28 bits per heavy atom. The largest absolute Gasteiger partial charge is 0.463 e. The number of morpholine rings is 1. The first kappa shape index (κ1) is 21.4. The van der Waals surface area contributed by atoms with Crippen LogP contribution in [-0.2, 0) is 25.6 Å². The van der Waals surface area contributed by atoms with Gasteiger partial charge in [-0.2, -0.15) is 0 Å². The van der Waals surface area contributed by atoms with Gasteiger partial charge in [-0.15, -0.1) is 0 Å². The van der Waals surface area contributed by atoms with Gasteiger partial charge in [0.25, 0.3) is 0 Å². The molecule has 1 aromatic heterocycles. The number of carbonyl (C=O) groups excluding carboxylic acids is 2. The van der Waals surface area contributed by atoms with Gasteiger partial charge in [0.2, 0.25) is 5.91 Å². The first-order valence-electron chi connectivity index (χ1n) is 10.3. The Hall–Kier alpha value is -2.29. The second-order valence-electron chi connectivity index (χ2n) is 7.34. The lowest BCUT2D eigenvalue weighted by Crippen LogP contribution is -2.42. The van der Waals surface area contributed by atoms with E-state index < -0.39 is 0 Å². The molecule has 158 valence electrons. The Bertz CT molecular complexity index is 731. The molecule has 0 atom stereocenters. The SMILES string of the molecule is CCCCOC(=O)/C=C/c1cnc2c(c1)CN(CCN1CCOCC1)CC(=O)N2. The Morgan fingerprint density at radius 2 is 2.07 bits per heavy atom. The zero-order valence-electron chi connectivity index (χ0n) is 17.1. The van der Waals surface area contributed by atoms with Gasteiger partial charge in [0, 0.05) is 50.6 Å². The van der Waals surface area contributed by atoms with Crippen molar-refractivity contribution in [3.8, 4) is 0 Å². The first-order chi connectivity index (χ1) is 14.1. The number of hydrogen-bond acceptors (Lipinski definition) is 7. The van der Waals surface area contributed by atoms with Crippen LogP contribution < -0.4 is 5.32 Å². The van der Waals surface area contributed by atoms with Gasteiger partial charge < -0.3 is 14.8 Å².